The SMILES string of the molecule is O=C1COC2(CCCN(Cc3ccc(F)cc3)C2)CN1c1ccc(F)cc1. The first-order chi connectivity index (χ1) is 13.0. The first-order valence-electron chi connectivity index (χ1n) is 9.20. The molecule has 2 fully saturated rings. The van der Waals surface area contributed by atoms with Crippen LogP contribution >= 0.6 is 0 Å². The zero-order valence-electron chi connectivity index (χ0n) is 15.0. The van der Waals surface area contributed by atoms with Gasteiger partial charge in [-0.1, -0.05) is 12.1 Å². The van der Waals surface area contributed by atoms with Crippen LogP contribution in [0.5, 0.6) is 0 Å². The quantitative estimate of drug-likeness (QED) is 0.828. The third-order valence-corrected chi connectivity index (χ3v) is 5.33. The van der Waals surface area contributed by atoms with E-state index in [1.807, 2.05) is 0 Å². The van der Waals surface area contributed by atoms with E-state index in [9.17, 15) is 13.6 Å². The van der Waals surface area contributed by atoms with Crippen molar-refractivity contribution < 1.29 is 18.3 Å². The number of rotatable bonds is 3. The molecule has 0 aromatic heterocycles. The maximum absolute atomic E-state index is 13.2. The third-order valence-electron chi connectivity index (χ3n) is 5.33. The number of morpholine rings is 1. The molecule has 6 heteroatoms. The maximum atomic E-state index is 13.2. The number of hydrogen-bond donors (Lipinski definition) is 0. The first kappa shape index (κ1) is 18.1. The number of piperidine rings is 1. The van der Waals surface area contributed by atoms with Gasteiger partial charge in [0.25, 0.3) is 5.91 Å². The lowest BCUT2D eigenvalue weighted by Gasteiger charge is -2.47. The highest BCUT2D eigenvalue weighted by Crippen LogP contribution is 2.32. The Morgan fingerprint density at radius 2 is 1.63 bits per heavy atom. The predicted molar refractivity (Wildman–Crippen MR) is 98.3 cm³/mol. The van der Waals surface area contributed by atoms with Crippen LogP contribution in [0.1, 0.15) is 18.4 Å². The molecule has 2 aliphatic heterocycles. The van der Waals surface area contributed by atoms with Gasteiger partial charge in [0.1, 0.15) is 18.2 Å². The fourth-order valence-corrected chi connectivity index (χ4v) is 3.99. The molecule has 4 nitrogen and oxygen atoms in total. The molecule has 0 N–H and O–H groups in total. The summed E-state index contributed by atoms with van der Waals surface area (Å²) in [6.07, 6.45) is 1.84. The van der Waals surface area contributed by atoms with E-state index in [-0.39, 0.29) is 24.1 Å². The Balaban J connectivity index is 1.48. The second-order valence-electron chi connectivity index (χ2n) is 7.37. The van der Waals surface area contributed by atoms with Gasteiger partial charge >= 0.3 is 0 Å². The van der Waals surface area contributed by atoms with E-state index in [1.165, 1.54) is 24.3 Å². The molecule has 4 rings (SSSR count). The van der Waals surface area contributed by atoms with Crippen molar-refractivity contribution in [2.24, 2.45) is 0 Å². The number of halogens is 2. The minimum Gasteiger partial charge on any atom is -0.362 e. The zero-order chi connectivity index (χ0) is 18.9. The highest BCUT2D eigenvalue weighted by atomic mass is 19.1. The van der Waals surface area contributed by atoms with E-state index in [1.54, 1.807) is 29.2 Å². The number of benzene rings is 2. The number of amides is 1. The smallest absolute Gasteiger partial charge is 0.253 e. The Morgan fingerprint density at radius 3 is 2.33 bits per heavy atom. The van der Waals surface area contributed by atoms with Crippen LogP contribution in [0.15, 0.2) is 48.5 Å². The van der Waals surface area contributed by atoms with Gasteiger partial charge in [-0.15, -0.1) is 0 Å². The van der Waals surface area contributed by atoms with Gasteiger partial charge in [0, 0.05) is 18.8 Å². The summed E-state index contributed by atoms with van der Waals surface area (Å²) in [5.74, 6) is -0.668. The van der Waals surface area contributed by atoms with E-state index < -0.39 is 5.60 Å². The lowest BCUT2D eigenvalue weighted by molar-refractivity contribution is -0.146. The van der Waals surface area contributed by atoms with Gasteiger partial charge in [0.15, 0.2) is 0 Å². The summed E-state index contributed by atoms with van der Waals surface area (Å²) in [6, 6.07) is 12.5. The second-order valence-corrected chi connectivity index (χ2v) is 7.37. The Morgan fingerprint density at radius 1 is 0.963 bits per heavy atom. The maximum Gasteiger partial charge on any atom is 0.253 e. The van der Waals surface area contributed by atoms with Crippen LogP contribution in [-0.2, 0) is 16.1 Å². The summed E-state index contributed by atoms with van der Waals surface area (Å²) in [7, 11) is 0. The molecular formula is C21H22F2N2O2. The molecule has 1 spiro atoms. The fourth-order valence-electron chi connectivity index (χ4n) is 3.99. The van der Waals surface area contributed by atoms with Gasteiger partial charge in [0.05, 0.1) is 12.1 Å². The summed E-state index contributed by atoms with van der Waals surface area (Å²) in [5.41, 5.74) is 1.32. The van der Waals surface area contributed by atoms with Gasteiger partial charge in [-0.3, -0.25) is 9.69 Å². The highest BCUT2D eigenvalue weighted by Gasteiger charge is 2.43. The zero-order valence-corrected chi connectivity index (χ0v) is 15.0. The minimum absolute atomic E-state index is 0.0295. The summed E-state index contributed by atoms with van der Waals surface area (Å²) in [4.78, 5) is 16.4. The van der Waals surface area contributed by atoms with Crippen LogP contribution in [0.25, 0.3) is 0 Å². The van der Waals surface area contributed by atoms with Crippen LogP contribution in [0.4, 0.5) is 14.5 Å². The Kier molecular flexibility index (Phi) is 4.93. The Labute approximate surface area is 157 Å². The van der Waals surface area contributed by atoms with E-state index >= 15 is 0 Å². The molecule has 1 unspecified atom stereocenters. The first-order valence-corrected chi connectivity index (χ1v) is 9.20. The van der Waals surface area contributed by atoms with Crippen molar-refractivity contribution in [2.45, 2.75) is 25.0 Å². The van der Waals surface area contributed by atoms with Crippen molar-refractivity contribution in [2.75, 3.05) is 31.1 Å². The van der Waals surface area contributed by atoms with Crippen LogP contribution in [0, 0.1) is 11.6 Å². The molecule has 2 heterocycles. The summed E-state index contributed by atoms with van der Waals surface area (Å²) >= 11 is 0. The van der Waals surface area contributed by atoms with Crippen LogP contribution < -0.4 is 4.90 Å². The molecular weight excluding hydrogens is 350 g/mol. The molecule has 0 bridgehead atoms. The number of ether oxygens (including phenoxy) is 1. The van der Waals surface area contributed by atoms with E-state index in [2.05, 4.69) is 4.90 Å². The van der Waals surface area contributed by atoms with Crippen molar-refractivity contribution in [1.29, 1.82) is 0 Å². The summed E-state index contributed by atoms with van der Waals surface area (Å²) in [5, 5.41) is 0. The van der Waals surface area contributed by atoms with Gasteiger partial charge in [-0.25, -0.2) is 8.78 Å². The lowest BCUT2D eigenvalue weighted by atomic mass is 9.90. The fraction of sp³-hybridized carbons (Fsp3) is 0.381. The normalized spacial score (nSPS) is 23.8. The van der Waals surface area contributed by atoms with Crippen molar-refractivity contribution >= 4 is 11.6 Å². The van der Waals surface area contributed by atoms with Crippen molar-refractivity contribution in [3.8, 4) is 0 Å². The largest absolute Gasteiger partial charge is 0.362 e. The molecule has 27 heavy (non-hydrogen) atoms. The Hall–Kier alpha value is -2.31. The minimum atomic E-state index is -0.430. The molecule has 0 aliphatic carbocycles. The topological polar surface area (TPSA) is 32.8 Å². The molecule has 2 saturated heterocycles. The number of nitrogens with zero attached hydrogens (tertiary/aromatic N) is 2. The molecule has 2 aromatic rings. The lowest BCUT2D eigenvalue weighted by Crippen LogP contribution is -2.61. The van der Waals surface area contributed by atoms with Crippen LogP contribution in [0.2, 0.25) is 0 Å². The van der Waals surface area contributed by atoms with Crippen molar-refractivity contribution in [3.05, 3.63) is 65.7 Å². The third kappa shape index (κ3) is 4.01. The molecule has 2 aliphatic rings. The van der Waals surface area contributed by atoms with Gasteiger partial charge in [-0.05, 0) is 61.3 Å². The van der Waals surface area contributed by atoms with Crippen molar-refractivity contribution in [1.82, 2.24) is 4.90 Å². The summed E-state index contributed by atoms with van der Waals surface area (Å²) in [6.45, 7) is 2.84. The van der Waals surface area contributed by atoms with Gasteiger partial charge in [-0.2, -0.15) is 0 Å². The van der Waals surface area contributed by atoms with Gasteiger partial charge in [0.2, 0.25) is 0 Å². The second kappa shape index (κ2) is 7.37. The van der Waals surface area contributed by atoms with Crippen molar-refractivity contribution in [3.63, 3.8) is 0 Å². The number of carbonyl (C=O) groups is 1. The Bertz CT molecular complexity index is 810. The average Bonchev–Trinajstić information content (AvgIpc) is 2.67. The molecule has 1 atom stereocenters. The van der Waals surface area contributed by atoms with E-state index in [0.29, 0.717) is 18.8 Å². The van der Waals surface area contributed by atoms with E-state index in [4.69, 9.17) is 4.74 Å². The number of hydrogen-bond acceptors (Lipinski definition) is 3. The highest BCUT2D eigenvalue weighted by molar-refractivity contribution is 5.95. The number of anilines is 1. The standard InChI is InChI=1S/C21H22F2N2O2/c22-17-4-2-16(3-5-17)12-24-11-1-10-21(14-24)15-25(20(26)13-27-21)19-8-6-18(23)7-9-19/h2-9H,1,10-15H2. The molecule has 0 saturated carbocycles. The monoisotopic (exact) mass is 372 g/mol. The molecule has 0 radical (unpaired) electrons. The molecule has 2 aromatic carbocycles. The number of carbonyl (C=O) groups excluding carboxylic acids is 1. The predicted octanol–water partition coefficient (Wildman–Crippen LogP) is 3.36. The van der Waals surface area contributed by atoms with Crippen LogP contribution in [-0.4, -0.2) is 42.6 Å². The van der Waals surface area contributed by atoms with Crippen LogP contribution in [0.3, 0.4) is 0 Å². The summed E-state index contributed by atoms with van der Waals surface area (Å²) < 4.78 is 32.4. The van der Waals surface area contributed by atoms with E-state index in [0.717, 1.165) is 31.5 Å². The van der Waals surface area contributed by atoms with Gasteiger partial charge < -0.3 is 9.64 Å². The molecule has 142 valence electrons. The molecule has 1 amide bonds. The number of likely N-dealkylation sites (tertiary alicyclic amines) is 1. The average molecular weight is 372 g/mol.